The Hall–Kier alpha value is -5.45. The van der Waals surface area contributed by atoms with Crippen LogP contribution in [-0.2, 0) is 52.4 Å². The quantitative estimate of drug-likeness (QED) is 0.154. The van der Waals surface area contributed by atoms with Gasteiger partial charge in [0.05, 0.1) is 0 Å². The molecule has 66 heavy (non-hydrogen) atoms. The van der Waals surface area contributed by atoms with E-state index in [9.17, 15) is 0 Å². The fraction of sp³-hybridized carbons (Fsp3) is 0.0323. The Morgan fingerprint density at radius 3 is 0.727 bits per heavy atom. The topological polar surface area (TPSA) is 0 Å². The molecule has 4 heteroatoms. The van der Waals surface area contributed by atoms with Crippen molar-refractivity contribution in [3.8, 4) is 0 Å². The first kappa shape index (κ1) is 54.9. The van der Waals surface area contributed by atoms with E-state index in [1.54, 1.807) is 0 Å². The van der Waals surface area contributed by atoms with Gasteiger partial charge in [0.2, 0.25) is 0 Å². The standard InChI is InChI=1S/2C13H9.2C13H11.2C5H5.2ClH.2Zr/c2*1-3-7-12-10(5-1)9-11-6-2-4-8-13(11)12;2*1-3-7-12(8-4-1)11-13-9-5-2-6-10-13;2*1-2-4-5-3-1;;;;/h2*1-9H;2*1-11H;2*1-3H,4H2;2*1H;;/q6*-1;;;2*+3/p-2. The van der Waals surface area contributed by atoms with Crippen molar-refractivity contribution in [2.24, 2.45) is 0 Å². The molecule has 0 saturated carbocycles. The number of halogens is 2. The van der Waals surface area contributed by atoms with Gasteiger partial charge in [-0.3, -0.25) is 12.2 Å². The molecular weight excluding hydrogens is 998 g/mol. The van der Waals surface area contributed by atoms with Crippen LogP contribution in [0.25, 0.3) is 43.1 Å². The van der Waals surface area contributed by atoms with E-state index in [1.165, 1.54) is 65.3 Å². The fourth-order valence-corrected chi connectivity index (χ4v) is 7.07. The Bertz CT molecular complexity index is 2540. The molecule has 0 N–H and O–H groups in total. The second kappa shape index (κ2) is 31.5. The predicted molar refractivity (Wildman–Crippen MR) is 268 cm³/mol. The second-order valence-corrected chi connectivity index (χ2v) is 14.6. The van der Waals surface area contributed by atoms with Gasteiger partial charge in [-0.25, -0.2) is 24.3 Å². The van der Waals surface area contributed by atoms with Gasteiger partial charge < -0.3 is 24.8 Å². The largest absolute Gasteiger partial charge is 3.00 e. The number of hydrogen-bond donors (Lipinski definition) is 0. The summed E-state index contributed by atoms with van der Waals surface area (Å²) in [5, 5.41) is 10.8. The fourth-order valence-electron chi connectivity index (χ4n) is 7.07. The molecule has 0 atom stereocenters. The van der Waals surface area contributed by atoms with Gasteiger partial charge in [-0.1, -0.05) is 146 Å². The van der Waals surface area contributed by atoms with Crippen LogP contribution in [0.15, 0.2) is 267 Å². The van der Waals surface area contributed by atoms with E-state index in [2.05, 4.69) is 243 Å². The summed E-state index contributed by atoms with van der Waals surface area (Å²) < 4.78 is 0. The molecule has 0 nitrogen and oxygen atoms in total. The zero-order chi connectivity index (χ0) is 42.3. The molecule has 10 aromatic rings. The van der Waals surface area contributed by atoms with Crippen molar-refractivity contribution < 1.29 is 77.2 Å². The van der Waals surface area contributed by atoms with Crippen molar-refractivity contribution in [1.29, 1.82) is 0 Å². The van der Waals surface area contributed by atoms with Crippen LogP contribution in [0.2, 0.25) is 0 Å². The molecule has 2 aliphatic carbocycles. The van der Waals surface area contributed by atoms with Gasteiger partial charge in [0, 0.05) is 0 Å². The van der Waals surface area contributed by atoms with Crippen LogP contribution in [0, 0.1) is 25.0 Å². The van der Waals surface area contributed by atoms with Crippen molar-refractivity contribution in [3.05, 3.63) is 314 Å². The van der Waals surface area contributed by atoms with Crippen LogP contribution >= 0.6 is 0 Å². The third-order valence-corrected chi connectivity index (χ3v) is 10.1. The minimum Gasteiger partial charge on any atom is -1.00 e. The summed E-state index contributed by atoms with van der Waals surface area (Å²) in [4.78, 5) is 0. The Balaban J connectivity index is 0.000000214. The molecule has 0 aromatic heterocycles. The van der Waals surface area contributed by atoms with Crippen LogP contribution < -0.4 is 24.8 Å². The van der Waals surface area contributed by atoms with Gasteiger partial charge in [0.1, 0.15) is 0 Å². The van der Waals surface area contributed by atoms with Gasteiger partial charge in [-0.05, 0) is 0 Å². The van der Waals surface area contributed by atoms with Crippen LogP contribution in [-0.4, -0.2) is 0 Å². The Kier molecular flexibility index (Phi) is 26.2. The smallest absolute Gasteiger partial charge is 1.00 e. The first-order valence-corrected chi connectivity index (χ1v) is 21.2. The van der Waals surface area contributed by atoms with E-state index in [-0.39, 0.29) is 77.2 Å². The summed E-state index contributed by atoms with van der Waals surface area (Å²) in [6, 6.07) is 79.9. The average molecular weight is 1050 g/mol. The van der Waals surface area contributed by atoms with E-state index in [0.29, 0.717) is 0 Å². The van der Waals surface area contributed by atoms with Crippen LogP contribution in [0.1, 0.15) is 35.1 Å². The molecule has 0 aliphatic heterocycles. The zero-order valence-corrected chi connectivity index (χ0v) is 43.2. The molecule has 0 heterocycles. The van der Waals surface area contributed by atoms with E-state index >= 15 is 0 Å². The molecule has 0 fully saturated rings. The van der Waals surface area contributed by atoms with E-state index in [4.69, 9.17) is 0 Å². The summed E-state index contributed by atoms with van der Waals surface area (Å²) in [5.74, 6) is 0. The van der Waals surface area contributed by atoms with Crippen molar-refractivity contribution >= 4 is 43.1 Å². The summed E-state index contributed by atoms with van der Waals surface area (Å²) in [6.45, 7) is 0. The summed E-state index contributed by atoms with van der Waals surface area (Å²) in [7, 11) is 0. The van der Waals surface area contributed by atoms with Crippen molar-refractivity contribution in [1.82, 2.24) is 0 Å². The zero-order valence-electron chi connectivity index (χ0n) is 36.7. The molecule has 0 saturated heterocycles. The summed E-state index contributed by atoms with van der Waals surface area (Å²) in [6.07, 6.45) is 24.3. The normalized spacial score (nSPS) is 10.8. The maximum Gasteiger partial charge on any atom is 3.00 e. The Morgan fingerprint density at radius 2 is 0.530 bits per heavy atom. The van der Waals surface area contributed by atoms with E-state index in [0.717, 1.165) is 12.8 Å². The molecule has 0 spiro atoms. The Labute approximate surface area is 443 Å². The molecule has 322 valence electrons. The number of fused-ring (bicyclic) bond motifs is 6. The first-order valence-electron chi connectivity index (χ1n) is 21.2. The minimum absolute atomic E-state index is 0. The molecule has 0 bridgehead atoms. The van der Waals surface area contributed by atoms with Crippen LogP contribution in [0.4, 0.5) is 0 Å². The van der Waals surface area contributed by atoms with Gasteiger partial charge >= 0.3 is 52.4 Å². The van der Waals surface area contributed by atoms with Gasteiger partial charge in [-0.15, -0.1) is 176 Å². The molecule has 2 aliphatic rings. The van der Waals surface area contributed by atoms with Gasteiger partial charge in [0.25, 0.3) is 0 Å². The molecular formula is C62H50Cl2Zr2-2. The van der Waals surface area contributed by atoms with Gasteiger partial charge in [-0.2, -0.15) is 12.2 Å². The average Bonchev–Trinajstić information content (AvgIpc) is 4.21. The molecule has 0 unspecified atom stereocenters. The maximum atomic E-state index is 2.99. The second-order valence-electron chi connectivity index (χ2n) is 14.6. The van der Waals surface area contributed by atoms with Gasteiger partial charge in [0.15, 0.2) is 0 Å². The molecule has 0 amide bonds. The molecule has 10 aromatic carbocycles. The third-order valence-electron chi connectivity index (χ3n) is 10.1. The summed E-state index contributed by atoms with van der Waals surface area (Å²) in [5.41, 5.74) is 4.98. The number of allylic oxidation sites excluding steroid dienone is 8. The number of rotatable bonds is 4. The maximum absolute atomic E-state index is 2.99. The van der Waals surface area contributed by atoms with Crippen LogP contribution in [0.5, 0.6) is 0 Å². The Morgan fingerprint density at radius 1 is 0.303 bits per heavy atom. The number of benzene rings is 8. The van der Waals surface area contributed by atoms with Crippen molar-refractivity contribution in [2.45, 2.75) is 12.8 Å². The third kappa shape index (κ3) is 17.7. The van der Waals surface area contributed by atoms with E-state index < -0.39 is 0 Å². The first-order chi connectivity index (χ1) is 30.8. The minimum atomic E-state index is 0. The SMILES string of the molecule is [C-]1=CC=CC1.[C-]1=CC=CC1.[Cl-].[Cl-].[Zr+3].[Zr+3].c1ccc([CH-]c2ccccc2)cc1.c1ccc([CH-]c2ccccc2)cc1.c1ccc2c(c1)[cH-]c1ccccc12.c1ccc2c(c1)[cH-]c1ccccc12. The molecule has 12 rings (SSSR count). The molecule has 2 radical (unpaired) electrons. The van der Waals surface area contributed by atoms with Crippen molar-refractivity contribution in [2.75, 3.05) is 0 Å². The van der Waals surface area contributed by atoms with E-state index in [1.807, 2.05) is 48.6 Å². The summed E-state index contributed by atoms with van der Waals surface area (Å²) >= 11 is 0. The number of hydrogen-bond acceptors (Lipinski definition) is 0. The monoisotopic (exact) mass is 1040 g/mol. The predicted octanol–water partition coefficient (Wildman–Crippen LogP) is 10.6. The van der Waals surface area contributed by atoms with Crippen LogP contribution in [0.3, 0.4) is 0 Å². The van der Waals surface area contributed by atoms with Crippen molar-refractivity contribution in [3.63, 3.8) is 0 Å².